The lowest BCUT2D eigenvalue weighted by molar-refractivity contribution is -0.384. The second kappa shape index (κ2) is 9.99. The molecule has 0 saturated carbocycles. The number of nitro groups is 1. The van der Waals surface area contributed by atoms with Crippen molar-refractivity contribution in [3.63, 3.8) is 0 Å². The number of rotatable bonds is 8. The van der Waals surface area contributed by atoms with E-state index in [4.69, 9.17) is 9.15 Å². The van der Waals surface area contributed by atoms with Gasteiger partial charge in [-0.2, -0.15) is 4.31 Å². The number of hydrogen-bond donors (Lipinski definition) is 1. The lowest BCUT2D eigenvalue weighted by Crippen LogP contribution is -2.40. The van der Waals surface area contributed by atoms with Gasteiger partial charge in [0.15, 0.2) is 0 Å². The third-order valence-electron chi connectivity index (χ3n) is 5.96. The van der Waals surface area contributed by atoms with Gasteiger partial charge in [-0.25, -0.2) is 8.42 Å². The molecule has 3 heterocycles. The highest BCUT2D eigenvalue weighted by atomic mass is 32.2. The van der Waals surface area contributed by atoms with E-state index in [0.717, 1.165) is 37.8 Å². The minimum atomic E-state index is -3.82. The maximum absolute atomic E-state index is 12.9. The largest absolute Gasteiger partial charge is 0.468 e. The first-order chi connectivity index (χ1) is 15.5. The molecule has 0 aliphatic carbocycles. The molecule has 0 spiro atoms. The van der Waals surface area contributed by atoms with E-state index in [2.05, 4.69) is 10.2 Å². The summed E-state index contributed by atoms with van der Waals surface area (Å²) in [5.74, 6) is 0.800. The van der Waals surface area contributed by atoms with Gasteiger partial charge in [-0.05, 0) is 50.2 Å². The first kappa shape index (κ1) is 22.7. The number of morpholine rings is 1. The normalized spacial score (nSPS) is 19.5. The Kier molecular flexibility index (Phi) is 7.09. The molecule has 2 aliphatic heterocycles. The van der Waals surface area contributed by atoms with Gasteiger partial charge in [-0.15, -0.1) is 0 Å². The maximum Gasteiger partial charge on any atom is 0.293 e. The zero-order valence-electron chi connectivity index (χ0n) is 17.8. The van der Waals surface area contributed by atoms with Crippen LogP contribution in [-0.2, 0) is 14.8 Å². The second-order valence-electron chi connectivity index (χ2n) is 7.96. The Bertz CT molecular complexity index is 1010. The fraction of sp³-hybridized carbons (Fsp3) is 0.524. The molecule has 11 heteroatoms. The number of piperidine rings is 1. The van der Waals surface area contributed by atoms with Crippen molar-refractivity contribution in [2.75, 3.05) is 51.3 Å². The molecule has 1 aromatic carbocycles. The van der Waals surface area contributed by atoms with Crippen LogP contribution in [0.4, 0.5) is 11.4 Å². The Labute approximate surface area is 187 Å². The molecule has 174 valence electrons. The van der Waals surface area contributed by atoms with Crippen LogP contribution in [0.1, 0.15) is 31.1 Å². The van der Waals surface area contributed by atoms with Crippen LogP contribution in [0.2, 0.25) is 0 Å². The standard InChI is InChI=1S/C21H28N4O6S/c26-25(27)19-15-17(32(28,29)24-10-13-30-14-11-24)6-7-18(19)22-16-20(21-5-4-12-31-21)23-8-2-1-3-9-23/h4-7,12,15,20,22H,1-3,8-11,13-14,16H2. The van der Waals surface area contributed by atoms with Crippen LogP contribution in [0.25, 0.3) is 0 Å². The fourth-order valence-corrected chi connectivity index (χ4v) is 5.66. The molecule has 0 bridgehead atoms. The summed E-state index contributed by atoms with van der Waals surface area (Å²) in [4.78, 5) is 13.4. The summed E-state index contributed by atoms with van der Waals surface area (Å²) in [5.41, 5.74) is 0.0145. The SMILES string of the molecule is O=[N+]([O-])c1cc(S(=O)(=O)N2CCOCC2)ccc1NCC(c1ccco1)N1CCCCC1. The van der Waals surface area contributed by atoms with Crippen molar-refractivity contribution in [2.45, 2.75) is 30.2 Å². The van der Waals surface area contributed by atoms with Crippen molar-refractivity contribution in [3.05, 3.63) is 52.5 Å². The van der Waals surface area contributed by atoms with E-state index < -0.39 is 14.9 Å². The van der Waals surface area contributed by atoms with Gasteiger partial charge in [0.1, 0.15) is 11.4 Å². The number of furan rings is 1. The molecule has 2 aliphatic rings. The number of sulfonamides is 1. The molecule has 0 radical (unpaired) electrons. The van der Waals surface area contributed by atoms with Gasteiger partial charge in [0.25, 0.3) is 5.69 Å². The summed E-state index contributed by atoms with van der Waals surface area (Å²) >= 11 is 0. The highest BCUT2D eigenvalue weighted by molar-refractivity contribution is 7.89. The van der Waals surface area contributed by atoms with Gasteiger partial charge in [0.2, 0.25) is 10.0 Å². The predicted octanol–water partition coefficient (Wildman–Crippen LogP) is 2.85. The molecular weight excluding hydrogens is 436 g/mol. The number of benzene rings is 1. The fourth-order valence-electron chi connectivity index (χ4n) is 4.24. The summed E-state index contributed by atoms with van der Waals surface area (Å²) < 4.78 is 38.0. The highest BCUT2D eigenvalue weighted by Gasteiger charge is 2.30. The van der Waals surface area contributed by atoms with Gasteiger partial charge in [0.05, 0.1) is 35.3 Å². The van der Waals surface area contributed by atoms with Crippen LogP contribution in [0.5, 0.6) is 0 Å². The minimum absolute atomic E-state index is 0.0679. The number of likely N-dealkylation sites (tertiary alicyclic amines) is 1. The molecule has 2 fully saturated rings. The Morgan fingerprint density at radius 2 is 1.84 bits per heavy atom. The van der Waals surface area contributed by atoms with Crippen LogP contribution in [0.3, 0.4) is 0 Å². The molecule has 32 heavy (non-hydrogen) atoms. The number of anilines is 1. The van der Waals surface area contributed by atoms with E-state index in [1.165, 1.54) is 22.9 Å². The monoisotopic (exact) mass is 464 g/mol. The molecule has 0 amide bonds. The van der Waals surface area contributed by atoms with E-state index in [1.54, 1.807) is 6.26 Å². The molecule has 10 nitrogen and oxygen atoms in total. The number of nitrogens with one attached hydrogen (secondary N) is 1. The summed E-state index contributed by atoms with van der Waals surface area (Å²) in [6.45, 7) is 3.37. The number of nitrogens with zero attached hydrogens (tertiary/aromatic N) is 3. The third-order valence-corrected chi connectivity index (χ3v) is 7.86. The zero-order valence-corrected chi connectivity index (χ0v) is 18.6. The summed E-state index contributed by atoms with van der Waals surface area (Å²) in [5, 5.41) is 14.9. The van der Waals surface area contributed by atoms with Crippen molar-refractivity contribution in [3.8, 4) is 0 Å². The van der Waals surface area contributed by atoms with E-state index >= 15 is 0 Å². The Balaban J connectivity index is 1.55. The molecule has 4 rings (SSSR count). The van der Waals surface area contributed by atoms with Crippen LogP contribution >= 0.6 is 0 Å². The van der Waals surface area contributed by atoms with Gasteiger partial charge in [-0.1, -0.05) is 6.42 Å². The Hall–Kier alpha value is -2.47. The third kappa shape index (κ3) is 4.96. The van der Waals surface area contributed by atoms with Crippen molar-refractivity contribution >= 4 is 21.4 Å². The van der Waals surface area contributed by atoms with Crippen molar-refractivity contribution in [1.29, 1.82) is 0 Å². The van der Waals surface area contributed by atoms with E-state index in [9.17, 15) is 18.5 Å². The van der Waals surface area contributed by atoms with Crippen molar-refractivity contribution in [2.24, 2.45) is 0 Å². The molecule has 1 N–H and O–H groups in total. The first-order valence-corrected chi connectivity index (χ1v) is 12.3. The summed E-state index contributed by atoms with van der Waals surface area (Å²) in [6, 6.07) is 7.70. The highest BCUT2D eigenvalue weighted by Crippen LogP contribution is 2.31. The zero-order chi connectivity index (χ0) is 22.6. The maximum atomic E-state index is 12.9. The van der Waals surface area contributed by atoms with Gasteiger partial charge in [0, 0.05) is 25.7 Å². The smallest absolute Gasteiger partial charge is 0.293 e. The molecule has 2 saturated heterocycles. The predicted molar refractivity (Wildman–Crippen MR) is 118 cm³/mol. The van der Waals surface area contributed by atoms with Crippen LogP contribution in [0.15, 0.2) is 45.9 Å². The summed E-state index contributed by atoms with van der Waals surface area (Å²) in [7, 11) is -3.82. The number of nitro benzene ring substituents is 1. The van der Waals surface area contributed by atoms with Gasteiger partial charge < -0.3 is 14.5 Å². The van der Waals surface area contributed by atoms with Gasteiger partial charge in [-0.3, -0.25) is 15.0 Å². The van der Waals surface area contributed by atoms with Crippen molar-refractivity contribution in [1.82, 2.24) is 9.21 Å². The Morgan fingerprint density at radius 3 is 2.50 bits per heavy atom. The molecule has 1 aromatic heterocycles. The average Bonchev–Trinajstić information content (AvgIpc) is 3.35. The number of ether oxygens (including phenoxy) is 1. The van der Waals surface area contributed by atoms with Gasteiger partial charge >= 0.3 is 0 Å². The lowest BCUT2D eigenvalue weighted by atomic mass is 10.1. The lowest BCUT2D eigenvalue weighted by Gasteiger charge is -2.33. The van der Waals surface area contributed by atoms with E-state index in [-0.39, 0.29) is 35.4 Å². The van der Waals surface area contributed by atoms with Crippen LogP contribution in [0, 0.1) is 10.1 Å². The van der Waals surface area contributed by atoms with E-state index in [1.807, 2.05) is 12.1 Å². The average molecular weight is 465 g/mol. The van der Waals surface area contributed by atoms with Crippen molar-refractivity contribution < 1.29 is 22.5 Å². The molecule has 1 atom stereocenters. The topological polar surface area (TPSA) is 118 Å². The van der Waals surface area contributed by atoms with Crippen LogP contribution < -0.4 is 5.32 Å². The van der Waals surface area contributed by atoms with Crippen LogP contribution in [-0.4, -0.2) is 68.5 Å². The first-order valence-electron chi connectivity index (χ1n) is 10.8. The second-order valence-corrected chi connectivity index (χ2v) is 9.90. The number of hydrogen-bond acceptors (Lipinski definition) is 8. The Morgan fingerprint density at radius 1 is 1.09 bits per heavy atom. The quantitative estimate of drug-likeness (QED) is 0.468. The molecular formula is C21H28N4O6S. The molecule has 2 aromatic rings. The summed E-state index contributed by atoms with van der Waals surface area (Å²) in [6.07, 6.45) is 5.02. The minimum Gasteiger partial charge on any atom is -0.468 e. The molecule has 1 unspecified atom stereocenters. The van der Waals surface area contributed by atoms with E-state index in [0.29, 0.717) is 19.8 Å².